The second kappa shape index (κ2) is 6.70. The summed E-state index contributed by atoms with van der Waals surface area (Å²) in [6.45, 7) is 0. The van der Waals surface area contributed by atoms with E-state index in [2.05, 4.69) is 4.98 Å². The third-order valence-corrected chi connectivity index (χ3v) is 3.10. The van der Waals surface area contributed by atoms with E-state index >= 15 is 0 Å². The zero-order valence-electron chi connectivity index (χ0n) is 11.6. The number of carbonyl (C=O) groups is 1. The maximum absolute atomic E-state index is 12.3. The molecule has 1 heterocycles. The van der Waals surface area contributed by atoms with Crippen LogP contribution < -0.4 is 9.47 Å². The van der Waals surface area contributed by atoms with Gasteiger partial charge in [0.2, 0.25) is 0 Å². The first-order valence-corrected chi connectivity index (χ1v) is 6.38. The lowest BCUT2D eigenvalue weighted by Crippen LogP contribution is -2.04. The van der Waals surface area contributed by atoms with E-state index < -0.39 is 0 Å². The molecule has 0 saturated heterocycles. The lowest BCUT2D eigenvalue weighted by Gasteiger charge is -2.09. The van der Waals surface area contributed by atoms with Crippen molar-refractivity contribution in [2.45, 2.75) is 12.8 Å². The fraction of sp³-hybridized carbons (Fsp3) is 0.250. The van der Waals surface area contributed by atoms with Crippen LogP contribution in [0.2, 0.25) is 0 Å². The number of methoxy groups -OCH3 is 2. The number of rotatable bonds is 6. The van der Waals surface area contributed by atoms with Crippen molar-refractivity contribution >= 4 is 5.78 Å². The third kappa shape index (κ3) is 3.35. The van der Waals surface area contributed by atoms with E-state index in [1.54, 1.807) is 44.8 Å². The summed E-state index contributed by atoms with van der Waals surface area (Å²) in [5, 5.41) is 0. The summed E-state index contributed by atoms with van der Waals surface area (Å²) in [5.74, 6) is 1.26. The summed E-state index contributed by atoms with van der Waals surface area (Å²) in [4.78, 5) is 16.3. The molecule has 0 aliphatic carbocycles. The van der Waals surface area contributed by atoms with Crippen LogP contribution in [0.3, 0.4) is 0 Å². The van der Waals surface area contributed by atoms with E-state index in [1.807, 2.05) is 12.1 Å². The lowest BCUT2D eigenvalue weighted by molar-refractivity contribution is 0.0979. The maximum Gasteiger partial charge on any atom is 0.167 e. The van der Waals surface area contributed by atoms with Crippen molar-refractivity contribution in [2.75, 3.05) is 14.2 Å². The van der Waals surface area contributed by atoms with Crippen molar-refractivity contribution in [3.8, 4) is 11.5 Å². The van der Waals surface area contributed by atoms with E-state index in [0.29, 0.717) is 29.9 Å². The molecule has 0 saturated carbocycles. The average molecular weight is 271 g/mol. The first-order valence-electron chi connectivity index (χ1n) is 6.38. The molecule has 4 nitrogen and oxygen atoms in total. The fourth-order valence-corrected chi connectivity index (χ4v) is 1.97. The summed E-state index contributed by atoms with van der Waals surface area (Å²) < 4.78 is 10.4. The Hall–Kier alpha value is -2.36. The predicted octanol–water partition coefficient (Wildman–Crippen LogP) is 2.91. The van der Waals surface area contributed by atoms with Gasteiger partial charge in [-0.05, 0) is 42.3 Å². The summed E-state index contributed by atoms with van der Waals surface area (Å²) in [6, 6.07) is 9.07. The topological polar surface area (TPSA) is 48.4 Å². The van der Waals surface area contributed by atoms with E-state index in [-0.39, 0.29) is 5.78 Å². The van der Waals surface area contributed by atoms with Crippen molar-refractivity contribution in [3.63, 3.8) is 0 Å². The number of hydrogen-bond donors (Lipinski definition) is 0. The molecular weight excluding hydrogens is 254 g/mol. The van der Waals surface area contributed by atoms with Crippen LogP contribution in [0.4, 0.5) is 0 Å². The molecule has 0 aliphatic rings. The molecule has 0 amide bonds. The Morgan fingerprint density at radius 3 is 2.50 bits per heavy atom. The predicted molar refractivity (Wildman–Crippen MR) is 76.4 cm³/mol. The Morgan fingerprint density at radius 2 is 1.85 bits per heavy atom. The highest BCUT2D eigenvalue weighted by molar-refractivity contribution is 5.99. The SMILES string of the molecule is COc1ccc(OC)c(C(=O)CCc2ccncc2)c1. The van der Waals surface area contributed by atoms with E-state index in [9.17, 15) is 4.79 Å². The molecule has 4 heteroatoms. The molecule has 0 N–H and O–H groups in total. The fourth-order valence-electron chi connectivity index (χ4n) is 1.97. The van der Waals surface area contributed by atoms with Gasteiger partial charge in [-0.15, -0.1) is 0 Å². The number of aromatic nitrogens is 1. The highest BCUT2D eigenvalue weighted by atomic mass is 16.5. The minimum atomic E-state index is 0.0394. The van der Waals surface area contributed by atoms with E-state index in [1.165, 1.54) is 0 Å². The molecule has 2 aromatic rings. The van der Waals surface area contributed by atoms with Crippen LogP contribution >= 0.6 is 0 Å². The van der Waals surface area contributed by atoms with Gasteiger partial charge in [-0.25, -0.2) is 0 Å². The average Bonchev–Trinajstić information content (AvgIpc) is 2.52. The Bertz CT molecular complexity index is 582. The van der Waals surface area contributed by atoms with Crippen molar-refractivity contribution in [2.24, 2.45) is 0 Å². The number of aryl methyl sites for hydroxylation is 1. The zero-order chi connectivity index (χ0) is 14.4. The second-order valence-electron chi connectivity index (χ2n) is 4.34. The van der Waals surface area contributed by atoms with Gasteiger partial charge in [0.15, 0.2) is 5.78 Å². The van der Waals surface area contributed by atoms with Gasteiger partial charge in [-0.3, -0.25) is 9.78 Å². The normalized spacial score (nSPS) is 10.1. The van der Waals surface area contributed by atoms with Crippen molar-refractivity contribution in [3.05, 3.63) is 53.9 Å². The number of ether oxygens (including phenoxy) is 2. The number of carbonyl (C=O) groups excluding carboxylic acids is 1. The van der Waals surface area contributed by atoms with Gasteiger partial charge in [-0.2, -0.15) is 0 Å². The molecule has 0 radical (unpaired) electrons. The van der Waals surface area contributed by atoms with Gasteiger partial charge in [-0.1, -0.05) is 0 Å². The van der Waals surface area contributed by atoms with Crippen LogP contribution in [-0.2, 0) is 6.42 Å². The molecular formula is C16H17NO3. The minimum Gasteiger partial charge on any atom is -0.497 e. The molecule has 1 aromatic carbocycles. The van der Waals surface area contributed by atoms with Gasteiger partial charge >= 0.3 is 0 Å². The first kappa shape index (κ1) is 14.1. The highest BCUT2D eigenvalue weighted by Gasteiger charge is 2.13. The van der Waals surface area contributed by atoms with Gasteiger partial charge in [0.25, 0.3) is 0 Å². The summed E-state index contributed by atoms with van der Waals surface area (Å²) in [5.41, 5.74) is 1.65. The van der Waals surface area contributed by atoms with Gasteiger partial charge < -0.3 is 9.47 Å². The number of ketones is 1. The van der Waals surface area contributed by atoms with Crippen LogP contribution in [0.5, 0.6) is 11.5 Å². The molecule has 0 bridgehead atoms. The molecule has 0 aliphatic heterocycles. The Labute approximate surface area is 118 Å². The molecule has 20 heavy (non-hydrogen) atoms. The second-order valence-corrected chi connectivity index (χ2v) is 4.34. The number of hydrogen-bond acceptors (Lipinski definition) is 4. The van der Waals surface area contributed by atoms with Gasteiger partial charge in [0.1, 0.15) is 11.5 Å². The quantitative estimate of drug-likeness (QED) is 0.758. The van der Waals surface area contributed by atoms with E-state index in [0.717, 1.165) is 5.56 Å². The van der Waals surface area contributed by atoms with Crippen LogP contribution in [0.25, 0.3) is 0 Å². The minimum absolute atomic E-state index is 0.0394. The van der Waals surface area contributed by atoms with E-state index in [4.69, 9.17) is 9.47 Å². The van der Waals surface area contributed by atoms with Crippen LogP contribution in [-0.4, -0.2) is 25.0 Å². The Balaban J connectivity index is 2.12. The Kier molecular flexibility index (Phi) is 4.71. The number of nitrogens with zero attached hydrogens (tertiary/aromatic N) is 1. The molecule has 0 atom stereocenters. The molecule has 104 valence electrons. The molecule has 1 aromatic heterocycles. The first-order chi connectivity index (χ1) is 9.74. The largest absolute Gasteiger partial charge is 0.497 e. The summed E-state index contributed by atoms with van der Waals surface area (Å²) in [6.07, 6.45) is 4.56. The Morgan fingerprint density at radius 1 is 1.10 bits per heavy atom. The van der Waals surface area contributed by atoms with Gasteiger partial charge in [0.05, 0.1) is 19.8 Å². The zero-order valence-corrected chi connectivity index (χ0v) is 11.6. The smallest absolute Gasteiger partial charge is 0.167 e. The summed E-state index contributed by atoms with van der Waals surface area (Å²) in [7, 11) is 3.13. The van der Waals surface area contributed by atoms with Crippen molar-refractivity contribution in [1.29, 1.82) is 0 Å². The van der Waals surface area contributed by atoms with Gasteiger partial charge in [0, 0.05) is 18.8 Å². The molecule has 0 spiro atoms. The molecule has 0 unspecified atom stereocenters. The molecule has 0 fully saturated rings. The van der Waals surface area contributed by atoms with Crippen molar-refractivity contribution in [1.82, 2.24) is 4.98 Å². The number of pyridine rings is 1. The number of benzene rings is 1. The monoisotopic (exact) mass is 271 g/mol. The summed E-state index contributed by atoms with van der Waals surface area (Å²) >= 11 is 0. The highest BCUT2D eigenvalue weighted by Crippen LogP contribution is 2.25. The molecule has 2 rings (SSSR count). The van der Waals surface area contributed by atoms with Crippen LogP contribution in [0.15, 0.2) is 42.7 Å². The van der Waals surface area contributed by atoms with Crippen LogP contribution in [0.1, 0.15) is 22.3 Å². The third-order valence-electron chi connectivity index (χ3n) is 3.10. The lowest BCUT2D eigenvalue weighted by atomic mass is 10.0. The van der Waals surface area contributed by atoms with Crippen LogP contribution in [0, 0.1) is 0 Å². The van der Waals surface area contributed by atoms with Crippen molar-refractivity contribution < 1.29 is 14.3 Å². The standard InChI is InChI=1S/C16H17NO3/c1-19-13-4-6-16(20-2)14(11-13)15(18)5-3-12-7-9-17-10-8-12/h4,6-11H,3,5H2,1-2H3. The maximum atomic E-state index is 12.3. The number of Topliss-reactive ketones (excluding diaryl/α,β-unsaturated/α-hetero) is 1.